The Morgan fingerprint density at radius 3 is 2.40 bits per heavy atom. The van der Waals surface area contributed by atoms with Gasteiger partial charge in [0, 0.05) is 38.0 Å². The first-order chi connectivity index (χ1) is 14.5. The summed E-state index contributed by atoms with van der Waals surface area (Å²) in [6, 6.07) is 13.8. The van der Waals surface area contributed by atoms with Crippen LogP contribution in [0.1, 0.15) is 23.7 Å². The Kier molecular flexibility index (Phi) is 6.17. The fourth-order valence-electron chi connectivity index (χ4n) is 3.52. The number of sulfonamides is 1. The molecule has 5 nitrogen and oxygen atoms in total. The van der Waals surface area contributed by atoms with Crippen molar-refractivity contribution in [2.24, 2.45) is 0 Å². The molecular weight excluding hydrogens is 421 g/mol. The van der Waals surface area contributed by atoms with Crippen LogP contribution in [0, 0.1) is 5.82 Å². The Morgan fingerprint density at radius 2 is 1.73 bits per heavy atom. The first-order valence-corrected chi connectivity index (χ1v) is 12.3. The maximum absolute atomic E-state index is 13.4. The number of halogens is 1. The fourth-order valence-corrected chi connectivity index (χ4v) is 5.85. The Hall–Kier alpha value is -2.29. The van der Waals surface area contributed by atoms with Gasteiger partial charge in [0.2, 0.25) is 10.0 Å². The lowest BCUT2D eigenvalue weighted by Crippen LogP contribution is -2.48. The van der Waals surface area contributed by atoms with E-state index in [1.54, 1.807) is 11.3 Å². The van der Waals surface area contributed by atoms with Crippen molar-refractivity contribution in [1.82, 2.24) is 9.29 Å². The van der Waals surface area contributed by atoms with Crippen LogP contribution >= 0.6 is 11.3 Å². The van der Waals surface area contributed by atoms with Crippen LogP contribution in [0.15, 0.2) is 58.8 Å². The van der Waals surface area contributed by atoms with Crippen LogP contribution in [0.25, 0.3) is 0 Å². The van der Waals surface area contributed by atoms with Gasteiger partial charge < -0.3 is 4.90 Å². The van der Waals surface area contributed by atoms with Gasteiger partial charge in [0.15, 0.2) is 5.13 Å². The van der Waals surface area contributed by atoms with Gasteiger partial charge in [0.1, 0.15) is 5.82 Å². The Morgan fingerprint density at radius 1 is 1.03 bits per heavy atom. The number of benzene rings is 2. The zero-order chi connectivity index (χ0) is 21.1. The topological polar surface area (TPSA) is 53.5 Å². The molecule has 0 atom stereocenters. The summed E-state index contributed by atoms with van der Waals surface area (Å²) in [5.74, 6) is -0.547. The lowest BCUT2D eigenvalue weighted by Gasteiger charge is -2.33. The van der Waals surface area contributed by atoms with E-state index in [0.29, 0.717) is 26.2 Å². The van der Waals surface area contributed by atoms with Gasteiger partial charge in [0.25, 0.3) is 0 Å². The zero-order valence-electron chi connectivity index (χ0n) is 16.8. The molecule has 1 aliphatic rings. The summed E-state index contributed by atoms with van der Waals surface area (Å²) in [5, 5.41) is 2.98. The molecule has 0 bridgehead atoms. The number of aryl methyl sites for hydroxylation is 1. The molecule has 0 amide bonds. The molecule has 2 aromatic carbocycles. The minimum atomic E-state index is -3.68. The van der Waals surface area contributed by atoms with Crippen LogP contribution in [0.3, 0.4) is 0 Å². The summed E-state index contributed by atoms with van der Waals surface area (Å²) >= 11 is 1.59. The number of thiazole rings is 1. The Balaban J connectivity index is 1.38. The molecule has 3 aromatic rings. The molecule has 8 heteroatoms. The number of hydrogen-bond acceptors (Lipinski definition) is 5. The number of hydrogen-bond donors (Lipinski definition) is 0. The van der Waals surface area contributed by atoms with E-state index in [-0.39, 0.29) is 4.90 Å². The van der Waals surface area contributed by atoms with E-state index in [4.69, 9.17) is 4.98 Å². The van der Waals surface area contributed by atoms with E-state index in [1.165, 1.54) is 33.6 Å². The summed E-state index contributed by atoms with van der Waals surface area (Å²) in [6.07, 6.45) is 1.82. The average molecular weight is 446 g/mol. The van der Waals surface area contributed by atoms with Crippen LogP contribution < -0.4 is 4.90 Å². The smallest absolute Gasteiger partial charge is 0.243 e. The molecule has 1 saturated heterocycles. The molecule has 30 heavy (non-hydrogen) atoms. The molecule has 1 aliphatic heterocycles. The molecule has 0 saturated carbocycles. The van der Waals surface area contributed by atoms with Gasteiger partial charge in [-0.3, -0.25) is 0 Å². The van der Waals surface area contributed by atoms with Crippen molar-refractivity contribution in [3.63, 3.8) is 0 Å². The second kappa shape index (κ2) is 8.83. The minimum Gasteiger partial charge on any atom is -0.345 e. The monoisotopic (exact) mass is 445 g/mol. The first kappa shape index (κ1) is 21.0. The summed E-state index contributed by atoms with van der Waals surface area (Å²) in [6.45, 7) is 3.97. The van der Waals surface area contributed by atoms with Gasteiger partial charge in [-0.1, -0.05) is 37.3 Å². The number of nitrogens with zero attached hydrogens (tertiary/aromatic N) is 3. The highest BCUT2D eigenvalue weighted by atomic mass is 32.2. The number of aromatic nitrogens is 1. The van der Waals surface area contributed by atoms with Gasteiger partial charge in [-0.15, -0.1) is 11.3 Å². The van der Waals surface area contributed by atoms with Crippen molar-refractivity contribution in [1.29, 1.82) is 0 Å². The molecule has 1 aromatic heterocycles. The summed E-state index contributed by atoms with van der Waals surface area (Å²) in [4.78, 5) is 6.87. The van der Waals surface area contributed by atoms with E-state index in [1.807, 2.05) is 0 Å². The molecule has 0 radical (unpaired) electrons. The van der Waals surface area contributed by atoms with Gasteiger partial charge in [-0.05, 0) is 35.7 Å². The van der Waals surface area contributed by atoms with Gasteiger partial charge in [-0.25, -0.2) is 17.8 Å². The van der Waals surface area contributed by atoms with Crippen molar-refractivity contribution >= 4 is 26.5 Å². The summed E-state index contributed by atoms with van der Waals surface area (Å²) in [5.41, 5.74) is 3.58. The van der Waals surface area contributed by atoms with Crippen molar-refractivity contribution in [3.05, 3.63) is 76.5 Å². The third kappa shape index (κ3) is 4.55. The van der Waals surface area contributed by atoms with E-state index in [2.05, 4.69) is 41.5 Å². The molecule has 0 spiro atoms. The van der Waals surface area contributed by atoms with Crippen molar-refractivity contribution in [2.45, 2.75) is 24.7 Å². The molecule has 4 rings (SSSR count). The predicted octanol–water partition coefficient (Wildman–Crippen LogP) is 3.95. The molecule has 158 valence electrons. The standard InChI is InChI=1S/C22H24FN3O2S2/c1-2-17-6-8-18(9-7-17)14-20-16-29-22(24-20)25-10-12-26(13-11-25)30(27,28)21-5-3-4-19(23)15-21/h3-9,15-16H,2,10-14H2,1H3. The fraction of sp³-hybridized carbons (Fsp3) is 0.318. The van der Waals surface area contributed by atoms with Crippen molar-refractivity contribution in [3.8, 4) is 0 Å². The lowest BCUT2D eigenvalue weighted by atomic mass is 10.1. The average Bonchev–Trinajstić information content (AvgIpc) is 3.23. The second-order valence-electron chi connectivity index (χ2n) is 7.32. The van der Waals surface area contributed by atoms with Crippen LogP contribution in [-0.2, 0) is 22.9 Å². The van der Waals surface area contributed by atoms with E-state index >= 15 is 0 Å². The quantitative estimate of drug-likeness (QED) is 0.577. The third-order valence-electron chi connectivity index (χ3n) is 5.30. The van der Waals surface area contributed by atoms with Gasteiger partial charge in [0.05, 0.1) is 10.6 Å². The molecule has 0 unspecified atom stereocenters. The van der Waals surface area contributed by atoms with Crippen LogP contribution in [0.5, 0.6) is 0 Å². The van der Waals surface area contributed by atoms with E-state index < -0.39 is 15.8 Å². The van der Waals surface area contributed by atoms with Crippen LogP contribution in [0.2, 0.25) is 0 Å². The normalized spacial score (nSPS) is 15.5. The SMILES string of the molecule is CCc1ccc(Cc2csc(N3CCN(S(=O)(=O)c4cccc(F)c4)CC3)n2)cc1. The number of anilines is 1. The minimum absolute atomic E-state index is 0.00146. The third-order valence-corrected chi connectivity index (χ3v) is 8.14. The first-order valence-electron chi connectivity index (χ1n) is 9.98. The highest BCUT2D eigenvalue weighted by Gasteiger charge is 2.29. The lowest BCUT2D eigenvalue weighted by molar-refractivity contribution is 0.384. The summed E-state index contributed by atoms with van der Waals surface area (Å²) in [7, 11) is -3.68. The van der Waals surface area contributed by atoms with Gasteiger partial charge >= 0.3 is 0 Å². The van der Waals surface area contributed by atoms with E-state index in [9.17, 15) is 12.8 Å². The van der Waals surface area contributed by atoms with Gasteiger partial charge in [-0.2, -0.15) is 4.31 Å². The molecular formula is C22H24FN3O2S2. The largest absolute Gasteiger partial charge is 0.345 e. The van der Waals surface area contributed by atoms with Crippen LogP contribution in [0.4, 0.5) is 9.52 Å². The number of piperazine rings is 1. The maximum atomic E-state index is 13.4. The predicted molar refractivity (Wildman–Crippen MR) is 118 cm³/mol. The molecule has 2 heterocycles. The maximum Gasteiger partial charge on any atom is 0.243 e. The second-order valence-corrected chi connectivity index (χ2v) is 10.1. The van der Waals surface area contributed by atoms with E-state index in [0.717, 1.165) is 29.7 Å². The molecule has 0 N–H and O–H groups in total. The number of rotatable bonds is 6. The highest BCUT2D eigenvalue weighted by molar-refractivity contribution is 7.89. The zero-order valence-corrected chi connectivity index (χ0v) is 18.4. The molecule has 0 aliphatic carbocycles. The Labute approximate surface area is 180 Å². The van der Waals surface area contributed by atoms with Crippen LogP contribution in [-0.4, -0.2) is 43.9 Å². The molecule has 1 fully saturated rings. The van der Waals surface area contributed by atoms with Crippen molar-refractivity contribution < 1.29 is 12.8 Å². The highest BCUT2D eigenvalue weighted by Crippen LogP contribution is 2.25. The summed E-state index contributed by atoms with van der Waals surface area (Å²) < 4.78 is 40.4. The van der Waals surface area contributed by atoms with Crippen molar-refractivity contribution in [2.75, 3.05) is 31.1 Å². The Bertz CT molecular complexity index is 1110.